The molecule has 3 nitrogen and oxygen atoms in total. The number of hydroxylamine groups is 1. The summed E-state index contributed by atoms with van der Waals surface area (Å²) in [6, 6.07) is 14.6. The van der Waals surface area contributed by atoms with Gasteiger partial charge in [0, 0.05) is 12.0 Å². The summed E-state index contributed by atoms with van der Waals surface area (Å²) in [6.45, 7) is 1.08. The van der Waals surface area contributed by atoms with E-state index in [1.165, 1.54) is 12.1 Å². The minimum atomic E-state index is -0.221. The normalized spacial score (nSPS) is 16.8. The lowest BCUT2D eigenvalue weighted by Gasteiger charge is -2.11. The molecule has 0 radical (unpaired) electrons. The summed E-state index contributed by atoms with van der Waals surface area (Å²) >= 11 is 0. The van der Waals surface area contributed by atoms with Gasteiger partial charge >= 0.3 is 0 Å². The number of hydrogen-bond donors (Lipinski definition) is 1. The SMILES string of the molecule is Fc1ccc2c(c1)CC(CNOCc1ccccc1)O2. The summed E-state index contributed by atoms with van der Waals surface area (Å²) in [6.07, 6.45) is 0.692. The Morgan fingerprint density at radius 2 is 2.05 bits per heavy atom. The first-order chi connectivity index (χ1) is 9.81. The fraction of sp³-hybridized carbons (Fsp3) is 0.250. The summed E-state index contributed by atoms with van der Waals surface area (Å²) in [4.78, 5) is 5.40. The zero-order valence-electron chi connectivity index (χ0n) is 11.0. The second-order valence-electron chi connectivity index (χ2n) is 4.82. The molecule has 1 heterocycles. The van der Waals surface area contributed by atoms with Crippen LogP contribution in [0.1, 0.15) is 11.1 Å². The van der Waals surface area contributed by atoms with E-state index in [2.05, 4.69) is 5.48 Å². The van der Waals surface area contributed by atoms with E-state index in [9.17, 15) is 4.39 Å². The average molecular weight is 273 g/mol. The summed E-state index contributed by atoms with van der Waals surface area (Å²) in [5.74, 6) is 0.544. The molecule has 1 N–H and O–H groups in total. The molecule has 1 aliphatic heterocycles. The molecule has 3 rings (SSSR count). The molecule has 104 valence electrons. The number of rotatable bonds is 5. The predicted molar refractivity (Wildman–Crippen MR) is 73.8 cm³/mol. The maximum atomic E-state index is 13.1. The summed E-state index contributed by atoms with van der Waals surface area (Å²) in [5, 5.41) is 0. The first-order valence-electron chi connectivity index (χ1n) is 6.65. The van der Waals surface area contributed by atoms with Crippen molar-refractivity contribution in [3.63, 3.8) is 0 Å². The first kappa shape index (κ1) is 13.1. The Bertz CT molecular complexity index is 574. The highest BCUT2D eigenvalue weighted by atomic mass is 19.1. The fourth-order valence-corrected chi connectivity index (χ4v) is 2.26. The van der Waals surface area contributed by atoms with E-state index < -0.39 is 0 Å². The minimum absolute atomic E-state index is 0.0115. The van der Waals surface area contributed by atoms with Gasteiger partial charge in [-0.05, 0) is 23.8 Å². The van der Waals surface area contributed by atoms with Gasteiger partial charge in [0.05, 0.1) is 13.2 Å². The van der Waals surface area contributed by atoms with Crippen molar-refractivity contribution >= 4 is 0 Å². The Balaban J connectivity index is 1.43. The number of benzene rings is 2. The van der Waals surface area contributed by atoms with Crippen molar-refractivity contribution in [1.29, 1.82) is 0 Å². The van der Waals surface area contributed by atoms with E-state index in [1.807, 2.05) is 30.3 Å². The molecule has 0 aliphatic carbocycles. The lowest BCUT2D eigenvalue weighted by atomic mass is 10.1. The Morgan fingerprint density at radius 3 is 2.90 bits per heavy atom. The van der Waals surface area contributed by atoms with E-state index in [0.717, 1.165) is 16.9 Å². The smallest absolute Gasteiger partial charge is 0.123 e. The largest absolute Gasteiger partial charge is 0.488 e. The van der Waals surface area contributed by atoms with Crippen molar-refractivity contribution in [3.05, 3.63) is 65.5 Å². The lowest BCUT2D eigenvalue weighted by Crippen LogP contribution is -2.30. The average Bonchev–Trinajstić information content (AvgIpc) is 2.86. The molecule has 2 aromatic rings. The quantitative estimate of drug-likeness (QED) is 0.671. The molecule has 20 heavy (non-hydrogen) atoms. The Kier molecular flexibility index (Phi) is 3.95. The molecule has 1 aliphatic rings. The molecule has 0 amide bonds. The molecule has 1 atom stereocenters. The van der Waals surface area contributed by atoms with E-state index in [1.54, 1.807) is 6.07 Å². The van der Waals surface area contributed by atoms with Crippen LogP contribution in [0.2, 0.25) is 0 Å². The van der Waals surface area contributed by atoms with Crippen LogP contribution in [0.4, 0.5) is 4.39 Å². The van der Waals surface area contributed by atoms with Crippen LogP contribution in [0.5, 0.6) is 5.75 Å². The third-order valence-electron chi connectivity index (χ3n) is 3.26. The second kappa shape index (κ2) is 6.03. The van der Waals surface area contributed by atoms with Gasteiger partial charge in [0.2, 0.25) is 0 Å². The van der Waals surface area contributed by atoms with Gasteiger partial charge in [-0.15, -0.1) is 0 Å². The molecule has 0 aromatic heterocycles. The first-order valence-corrected chi connectivity index (χ1v) is 6.65. The third kappa shape index (κ3) is 3.15. The van der Waals surface area contributed by atoms with Crippen LogP contribution in [0.25, 0.3) is 0 Å². The fourth-order valence-electron chi connectivity index (χ4n) is 2.26. The summed E-state index contributed by atoms with van der Waals surface area (Å²) in [5.41, 5.74) is 4.93. The standard InChI is InChI=1S/C16H16FNO2/c17-14-6-7-16-13(8-14)9-15(20-16)10-18-19-11-12-4-2-1-3-5-12/h1-8,15,18H,9-11H2. The Morgan fingerprint density at radius 1 is 1.20 bits per heavy atom. The van der Waals surface area contributed by atoms with Gasteiger partial charge in [-0.25, -0.2) is 4.39 Å². The van der Waals surface area contributed by atoms with Crippen LogP contribution in [-0.4, -0.2) is 12.6 Å². The highest BCUT2D eigenvalue weighted by molar-refractivity contribution is 5.37. The Labute approximate surface area is 117 Å². The minimum Gasteiger partial charge on any atom is -0.488 e. The highest BCUT2D eigenvalue weighted by Gasteiger charge is 2.22. The maximum absolute atomic E-state index is 13.1. The topological polar surface area (TPSA) is 30.5 Å². The van der Waals surface area contributed by atoms with Crippen LogP contribution in [-0.2, 0) is 17.9 Å². The van der Waals surface area contributed by atoms with Crippen molar-refractivity contribution in [1.82, 2.24) is 5.48 Å². The molecule has 0 bridgehead atoms. The molecule has 0 spiro atoms. The zero-order valence-corrected chi connectivity index (χ0v) is 11.0. The van der Waals surface area contributed by atoms with E-state index >= 15 is 0 Å². The molecular weight excluding hydrogens is 257 g/mol. The van der Waals surface area contributed by atoms with E-state index in [4.69, 9.17) is 9.57 Å². The third-order valence-corrected chi connectivity index (χ3v) is 3.26. The van der Waals surface area contributed by atoms with Crippen molar-refractivity contribution in [2.24, 2.45) is 0 Å². The summed E-state index contributed by atoms with van der Waals surface area (Å²) in [7, 11) is 0. The van der Waals surface area contributed by atoms with Gasteiger partial charge in [-0.2, -0.15) is 5.48 Å². The van der Waals surface area contributed by atoms with Crippen molar-refractivity contribution < 1.29 is 14.0 Å². The van der Waals surface area contributed by atoms with Crippen LogP contribution in [0.3, 0.4) is 0 Å². The van der Waals surface area contributed by atoms with Crippen LogP contribution < -0.4 is 10.2 Å². The second-order valence-corrected chi connectivity index (χ2v) is 4.82. The summed E-state index contributed by atoms with van der Waals surface area (Å²) < 4.78 is 18.8. The Hall–Kier alpha value is -1.91. The molecule has 4 heteroatoms. The predicted octanol–water partition coefficient (Wildman–Crippen LogP) is 2.85. The van der Waals surface area contributed by atoms with Crippen molar-refractivity contribution in [2.45, 2.75) is 19.1 Å². The number of ether oxygens (including phenoxy) is 1. The number of fused-ring (bicyclic) bond motifs is 1. The highest BCUT2D eigenvalue weighted by Crippen LogP contribution is 2.28. The molecular formula is C16H16FNO2. The van der Waals surface area contributed by atoms with Crippen molar-refractivity contribution in [3.8, 4) is 5.75 Å². The van der Waals surface area contributed by atoms with E-state index in [-0.39, 0.29) is 11.9 Å². The van der Waals surface area contributed by atoms with E-state index in [0.29, 0.717) is 19.6 Å². The van der Waals surface area contributed by atoms with Gasteiger partial charge < -0.3 is 4.74 Å². The van der Waals surface area contributed by atoms with Gasteiger partial charge in [-0.1, -0.05) is 30.3 Å². The van der Waals surface area contributed by atoms with Crippen molar-refractivity contribution in [2.75, 3.05) is 6.54 Å². The number of halogens is 1. The van der Waals surface area contributed by atoms with Crippen LogP contribution in [0.15, 0.2) is 48.5 Å². The zero-order chi connectivity index (χ0) is 13.8. The molecule has 0 fully saturated rings. The molecule has 1 unspecified atom stereocenters. The molecule has 2 aromatic carbocycles. The monoisotopic (exact) mass is 273 g/mol. The van der Waals surface area contributed by atoms with Gasteiger partial charge in [0.1, 0.15) is 17.7 Å². The van der Waals surface area contributed by atoms with Crippen LogP contribution in [0, 0.1) is 5.82 Å². The van der Waals surface area contributed by atoms with Crippen LogP contribution >= 0.6 is 0 Å². The maximum Gasteiger partial charge on any atom is 0.123 e. The number of nitrogens with one attached hydrogen (secondary N) is 1. The lowest BCUT2D eigenvalue weighted by molar-refractivity contribution is 0.0107. The van der Waals surface area contributed by atoms with Gasteiger partial charge in [0.25, 0.3) is 0 Å². The van der Waals surface area contributed by atoms with Gasteiger partial charge in [0.15, 0.2) is 0 Å². The van der Waals surface area contributed by atoms with Gasteiger partial charge in [-0.3, -0.25) is 4.84 Å². The molecule has 0 saturated carbocycles. The molecule has 0 saturated heterocycles. The number of hydrogen-bond acceptors (Lipinski definition) is 3.